The molecule has 0 spiro atoms. The summed E-state index contributed by atoms with van der Waals surface area (Å²) < 4.78 is 13.2. The molecule has 3 heterocycles. The lowest BCUT2D eigenvalue weighted by Gasteiger charge is -2.34. The van der Waals surface area contributed by atoms with Gasteiger partial charge in [0.05, 0.1) is 12.1 Å². The third-order valence-electron chi connectivity index (χ3n) is 5.65. The molecule has 1 amide bonds. The molecule has 0 unspecified atom stereocenters. The van der Waals surface area contributed by atoms with Gasteiger partial charge < -0.3 is 4.90 Å². The Labute approximate surface area is 175 Å². The molecule has 1 aliphatic heterocycles. The lowest BCUT2D eigenvalue weighted by Crippen LogP contribution is -2.49. The Bertz CT molecular complexity index is 979. The number of hydrogen-bond acceptors (Lipinski definition) is 4. The Hall–Kier alpha value is -3.06. The summed E-state index contributed by atoms with van der Waals surface area (Å²) in [6.45, 7) is 6.06. The number of aryl methyl sites for hydroxylation is 1. The number of carbonyl (C=O) groups is 1. The maximum absolute atomic E-state index is 13.2. The van der Waals surface area contributed by atoms with Gasteiger partial charge in [-0.05, 0) is 43.3 Å². The van der Waals surface area contributed by atoms with Gasteiger partial charge in [0, 0.05) is 67.9 Å². The third kappa shape index (κ3) is 4.74. The van der Waals surface area contributed by atoms with Crippen LogP contribution in [0, 0.1) is 12.7 Å². The molecule has 0 radical (unpaired) electrons. The van der Waals surface area contributed by atoms with Crippen LogP contribution in [-0.4, -0.2) is 63.6 Å². The van der Waals surface area contributed by atoms with E-state index in [0.29, 0.717) is 6.42 Å². The van der Waals surface area contributed by atoms with E-state index in [1.54, 1.807) is 12.1 Å². The van der Waals surface area contributed by atoms with Crippen LogP contribution >= 0.6 is 0 Å². The molecule has 1 fully saturated rings. The predicted octanol–water partition coefficient (Wildman–Crippen LogP) is 2.85. The normalized spacial score (nSPS) is 14.8. The molecule has 0 atom stereocenters. The number of piperazine rings is 1. The van der Waals surface area contributed by atoms with Crippen LogP contribution in [0.25, 0.3) is 11.3 Å². The summed E-state index contributed by atoms with van der Waals surface area (Å²) in [4.78, 5) is 21.6. The van der Waals surface area contributed by atoms with Gasteiger partial charge >= 0.3 is 0 Å². The smallest absolute Gasteiger partial charge is 0.227 e. The number of H-pyrrole nitrogens is 1. The molecule has 0 aliphatic carbocycles. The van der Waals surface area contributed by atoms with E-state index in [1.807, 2.05) is 36.2 Å². The maximum Gasteiger partial charge on any atom is 0.227 e. The zero-order chi connectivity index (χ0) is 20.9. The fourth-order valence-electron chi connectivity index (χ4n) is 3.82. The Morgan fingerprint density at radius 1 is 1.10 bits per heavy atom. The van der Waals surface area contributed by atoms with Crippen LogP contribution in [0.5, 0.6) is 0 Å². The molecule has 30 heavy (non-hydrogen) atoms. The number of carbonyl (C=O) groups excluding carboxylic acids is 1. The van der Waals surface area contributed by atoms with E-state index in [0.717, 1.165) is 67.4 Å². The minimum Gasteiger partial charge on any atom is -0.340 e. The molecule has 2 aromatic heterocycles. The van der Waals surface area contributed by atoms with Crippen LogP contribution in [0.4, 0.5) is 4.39 Å². The first kappa shape index (κ1) is 20.2. The minimum absolute atomic E-state index is 0.104. The van der Waals surface area contributed by atoms with Crippen molar-refractivity contribution in [1.29, 1.82) is 0 Å². The van der Waals surface area contributed by atoms with Gasteiger partial charge in [-0.15, -0.1) is 0 Å². The van der Waals surface area contributed by atoms with Crippen molar-refractivity contribution in [2.75, 3.05) is 32.7 Å². The zero-order valence-corrected chi connectivity index (χ0v) is 17.1. The maximum atomic E-state index is 13.2. The number of aromatic nitrogens is 3. The van der Waals surface area contributed by atoms with Crippen molar-refractivity contribution in [3.8, 4) is 11.3 Å². The second-order valence-electron chi connectivity index (χ2n) is 7.65. The van der Waals surface area contributed by atoms with Crippen molar-refractivity contribution in [3.63, 3.8) is 0 Å². The van der Waals surface area contributed by atoms with Crippen LogP contribution in [0.2, 0.25) is 0 Å². The van der Waals surface area contributed by atoms with Crippen LogP contribution in [-0.2, 0) is 17.6 Å². The first-order valence-electron chi connectivity index (χ1n) is 10.3. The Morgan fingerprint density at radius 3 is 2.57 bits per heavy atom. The number of aromatic amines is 1. The van der Waals surface area contributed by atoms with E-state index >= 15 is 0 Å². The number of rotatable bonds is 6. The van der Waals surface area contributed by atoms with Gasteiger partial charge in [-0.25, -0.2) is 4.39 Å². The molecule has 4 rings (SSSR count). The summed E-state index contributed by atoms with van der Waals surface area (Å²) in [7, 11) is 0. The van der Waals surface area contributed by atoms with E-state index in [9.17, 15) is 9.18 Å². The van der Waals surface area contributed by atoms with E-state index in [4.69, 9.17) is 0 Å². The van der Waals surface area contributed by atoms with Crippen molar-refractivity contribution in [3.05, 3.63) is 71.4 Å². The fourth-order valence-corrected chi connectivity index (χ4v) is 3.82. The molecule has 1 aliphatic rings. The highest BCUT2D eigenvalue weighted by molar-refractivity contribution is 5.82. The number of nitrogens with zero attached hydrogens (tertiary/aromatic N) is 4. The number of hydrogen-bond donors (Lipinski definition) is 1. The monoisotopic (exact) mass is 407 g/mol. The first-order chi connectivity index (χ1) is 14.6. The predicted molar refractivity (Wildman–Crippen MR) is 113 cm³/mol. The number of amides is 1. The van der Waals surface area contributed by atoms with Crippen molar-refractivity contribution in [2.45, 2.75) is 19.8 Å². The molecule has 6 nitrogen and oxygen atoms in total. The first-order valence-corrected chi connectivity index (χ1v) is 10.3. The average Bonchev–Trinajstić information content (AvgIpc) is 3.14. The Balaban J connectivity index is 1.33. The summed E-state index contributed by atoms with van der Waals surface area (Å²) in [5, 5.41) is 7.32. The quantitative estimate of drug-likeness (QED) is 0.683. The van der Waals surface area contributed by atoms with Crippen LogP contribution in [0.15, 0.2) is 48.7 Å². The SMILES string of the molecule is Cc1[nH]nc(-c2ccc(F)cc2)c1CC(=O)N1CCN(CCc2ccccn2)CC1. The Kier molecular flexibility index (Phi) is 6.18. The highest BCUT2D eigenvalue weighted by Crippen LogP contribution is 2.25. The summed E-state index contributed by atoms with van der Waals surface area (Å²) in [6, 6.07) is 12.2. The molecule has 1 aromatic carbocycles. The van der Waals surface area contributed by atoms with E-state index in [2.05, 4.69) is 20.1 Å². The Morgan fingerprint density at radius 2 is 1.87 bits per heavy atom. The number of pyridine rings is 1. The standard InChI is InChI=1S/C23H26FN5O/c1-17-21(23(27-26-17)18-5-7-19(24)8-6-18)16-22(30)29-14-12-28(13-15-29)11-9-20-4-2-3-10-25-20/h2-8,10H,9,11-16H2,1H3,(H,26,27). The van der Waals surface area contributed by atoms with Gasteiger partial charge in [0.25, 0.3) is 0 Å². The summed E-state index contributed by atoms with van der Waals surface area (Å²) in [5.74, 6) is -0.184. The van der Waals surface area contributed by atoms with Crippen molar-refractivity contribution >= 4 is 5.91 Å². The molecule has 156 valence electrons. The van der Waals surface area contributed by atoms with Crippen LogP contribution in [0.3, 0.4) is 0 Å². The topological polar surface area (TPSA) is 65.1 Å². The molecule has 3 aromatic rings. The van der Waals surface area contributed by atoms with Crippen molar-refractivity contribution < 1.29 is 9.18 Å². The third-order valence-corrected chi connectivity index (χ3v) is 5.65. The largest absolute Gasteiger partial charge is 0.340 e. The van der Waals surface area contributed by atoms with Crippen molar-refractivity contribution in [1.82, 2.24) is 25.0 Å². The summed E-state index contributed by atoms with van der Waals surface area (Å²) in [5.41, 5.74) is 4.37. The molecule has 1 N–H and O–H groups in total. The molecule has 7 heteroatoms. The van der Waals surface area contributed by atoms with Gasteiger partial charge in [-0.1, -0.05) is 6.07 Å². The summed E-state index contributed by atoms with van der Waals surface area (Å²) in [6.07, 6.45) is 3.04. The second kappa shape index (κ2) is 9.17. The molecule has 0 bridgehead atoms. The second-order valence-corrected chi connectivity index (χ2v) is 7.65. The zero-order valence-electron chi connectivity index (χ0n) is 17.1. The highest BCUT2D eigenvalue weighted by Gasteiger charge is 2.23. The molecule has 1 saturated heterocycles. The molecule has 0 saturated carbocycles. The summed E-state index contributed by atoms with van der Waals surface area (Å²) >= 11 is 0. The molecular formula is C23H26FN5O. The minimum atomic E-state index is -0.287. The number of halogens is 1. The van der Waals surface area contributed by atoms with Crippen LogP contribution in [0.1, 0.15) is 17.0 Å². The van der Waals surface area contributed by atoms with E-state index in [1.165, 1.54) is 12.1 Å². The van der Waals surface area contributed by atoms with Crippen molar-refractivity contribution in [2.24, 2.45) is 0 Å². The van der Waals surface area contributed by atoms with E-state index < -0.39 is 0 Å². The number of nitrogens with one attached hydrogen (secondary N) is 1. The lowest BCUT2D eigenvalue weighted by atomic mass is 10.0. The van der Waals surface area contributed by atoms with Gasteiger partial charge in [0.1, 0.15) is 5.82 Å². The highest BCUT2D eigenvalue weighted by atomic mass is 19.1. The van der Waals surface area contributed by atoms with Gasteiger partial charge in [-0.3, -0.25) is 19.8 Å². The lowest BCUT2D eigenvalue weighted by molar-refractivity contribution is -0.132. The fraction of sp³-hybridized carbons (Fsp3) is 0.348. The van der Waals surface area contributed by atoms with Gasteiger partial charge in [0.15, 0.2) is 0 Å². The number of benzene rings is 1. The van der Waals surface area contributed by atoms with Gasteiger partial charge in [-0.2, -0.15) is 5.10 Å². The average molecular weight is 407 g/mol. The van der Waals surface area contributed by atoms with Gasteiger partial charge in [0.2, 0.25) is 5.91 Å². The van der Waals surface area contributed by atoms with Crippen LogP contribution < -0.4 is 0 Å². The molecular weight excluding hydrogens is 381 g/mol. The van der Waals surface area contributed by atoms with E-state index in [-0.39, 0.29) is 11.7 Å².